The largest absolute Gasteiger partial charge is 0.498 e. The van der Waals surface area contributed by atoms with Gasteiger partial charge in [-0.25, -0.2) is 9.83 Å². The fraction of sp³-hybridized carbons (Fsp3) is 0.200. The number of ether oxygens (including phenoxy) is 1. The van der Waals surface area contributed by atoms with Crippen molar-refractivity contribution in [2.24, 2.45) is 0 Å². The molecule has 1 aliphatic rings. The first-order valence-electron chi connectivity index (χ1n) is 12.5. The fourth-order valence-corrected chi connectivity index (χ4v) is 5.04. The fourth-order valence-electron chi connectivity index (χ4n) is 5.04. The van der Waals surface area contributed by atoms with Gasteiger partial charge in [0.2, 0.25) is 5.69 Å². The van der Waals surface area contributed by atoms with Crippen molar-refractivity contribution in [3.05, 3.63) is 89.5 Å². The first-order chi connectivity index (χ1) is 18.5. The van der Waals surface area contributed by atoms with Crippen LogP contribution in [0.5, 0.6) is 5.75 Å². The van der Waals surface area contributed by atoms with Gasteiger partial charge in [-0.2, -0.15) is 5.10 Å². The first-order valence-corrected chi connectivity index (χ1v) is 12.5. The second kappa shape index (κ2) is 9.52. The number of aromatic nitrogens is 3. The minimum Gasteiger partial charge on any atom is -0.498 e. The van der Waals surface area contributed by atoms with Crippen molar-refractivity contribution in [2.45, 2.75) is 38.3 Å². The van der Waals surface area contributed by atoms with Crippen molar-refractivity contribution >= 4 is 39.1 Å². The summed E-state index contributed by atoms with van der Waals surface area (Å²) in [5.41, 5.74) is 10.7. The number of nitrogen functional groups attached to an aromatic ring is 1. The Hall–Kier alpha value is -4.90. The van der Waals surface area contributed by atoms with E-state index in [2.05, 4.69) is 44.8 Å². The molecule has 0 spiro atoms. The van der Waals surface area contributed by atoms with Crippen LogP contribution in [-0.4, -0.2) is 25.8 Å². The second-order valence-corrected chi connectivity index (χ2v) is 9.58. The van der Waals surface area contributed by atoms with E-state index in [1.807, 2.05) is 12.1 Å². The molecule has 5 aromatic rings. The summed E-state index contributed by atoms with van der Waals surface area (Å²) in [5, 5.41) is 17.2. The zero-order valence-corrected chi connectivity index (χ0v) is 20.6. The molecule has 6 rings (SSSR count). The maximum Gasteiger partial charge on any atom is 0.307 e. The van der Waals surface area contributed by atoms with Crippen molar-refractivity contribution in [1.82, 2.24) is 14.8 Å². The van der Waals surface area contributed by atoms with Crippen molar-refractivity contribution in [3.63, 3.8) is 0 Å². The number of carbonyl (C=O) groups is 1. The summed E-state index contributed by atoms with van der Waals surface area (Å²) in [4.78, 5) is 19.2. The van der Waals surface area contributed by atoms with Crippen LogP contribution in [-0.2, 0) is 17.8 Å². The number of nitrogens with zero attached hydrogens (tertiary/aromatic N) is 4. The van der Waals surface area contributed by atoms with Gasteiger partial charge in [0.25, 0.3) is 0 Å². The number of aliphatic carboxylic acids is 1. The van der Waals surface area contributed by atoms with Crippen molar-refractivity contribution in [1.29, 1.82) is 0 Å². The molecule has 0 bridgehead atoms. The van der Waals surface area contributed by atoms with Crippen LogP contribution in [0.1, 0.15) is 36.6 Å². The van der Waals surface area contributed by atoms with Crippen molar-refractivity contribution in [3.8, 4) is 16.9 Å². The van der Waals surface area contributed by atoms with E-state index in [4.69, 9.17) is 22.1 Å². The molecule has 0 unspecified atom stereocenters. The van der Waals surface area contributed by atoms with Crippen molar-refractivity contribution in [2.75, 3.05) is 5.73 Å². The molecule has 8 nitrogen and oxygen atoms in total. The van der Waals surface area contributed by atoms with Gasteiger partial charge in [-0.3, -0.25) is 9.48 Å². The van der Waals surface area contributed by atoms with Gasteiger partial charge in [-0.1, -0.05) is 36.4 Å². The van der Waals surface area contributed by atoms with Gasteiger partial charge in [-0.05, 0) is 65.6 Å². The highest BCUT2D eigenvalue weighted by molar-refractivity contribution is 5.95. The summed E-state index contributed by atoms with van der Waals surface area (Å²) in [6.07, 6.45) is 4.83. The molecule has 0 atom stereocenters. The Morgan fingerprint density at radius 2 is 1.89 bits per heavy atom. The lowest BCUT2D eigenvalue weighted by Crippen LogP contribution is -2.18. The first kappa shape index (κ1) is 23.5. The van der Waals surface area contributed by atoms with Gasteiger partial charge >= 0.3 is 5.97 Å². The number of rotatable bonds is 7. The van der Waals surface area contributed by atoms with E-state index in [0.717, 1.165) is 51.3 Å². The molecular formula is C30H25N5O3. The summed E-state index contributed by atoms with van der Waals surface area (Å²) in [6.45, 7) is 7.65. The van der Waals surface area contributed by atoms with Gasteiger partial charge in [0, 0.05) is 17.0 Å². The molecule has 0 aliphatic heterocycles. The highest BCUT2D eigenvalue weighted by Crippen LogP contribution is 2.38. The predicted octanol–water partition coefficient (Wildman–Crippen LogP) is 6.32. The smallest absolute Gasteiger partial charge is 0.307 e. The molecule has 1 fully saturated rings. The van der Waals surface area contributed by atoms with Crippen LogP contribution in [0.2, 0.25) is 0 Å². The maximum absolute atomic E-state index is 11.4. The van der Waals surface area contributed by atoms with Crippen molar-refractivity contribution < 1.29 is 14.6 Å². The highest BCUT2D eigenvalue weighted by Gasteiger charge is 2.24. The van der Waals surface area contributed by atoms with E-state index < -0.39 is 5.97 Å². The molecular weight excluding hydrogens is 478 g/mol. The number of benzene rings is 3. The molecule has 0 amide bonds. The standard InChI is InChI=1S/C30H25N5O3/c1-32-25-7-2-4-21(16-28(36)37)29(25)38-17-26-24-15-20(10-11-27(24)35(34-26)22-5-3-6-22)19-9-8-18-12-13-33-30(31)23(18)14-19/h2,4,7-15,22H,3,5-6,16-17H2,(H2,31,33)(H,36,37). The second-order valence-electron chi connectivity index (χ2n) is 9.58. The number of hydrogen-bond acceptors (Lipinski definition) is 5. The summed E-state index contributed by atoms with van der Waals surface area (Å²) in [5.74, 6) is -0.189. The normalized spacial score (nSPS) is 13.3. The van der Waals surface area contributed by atoms with E-state index >= 15 is 0 Å². The van der Waals surface area contributed by atoms with E-state index in [9.17, 15) is 9.90 Å². The van der Waals surface area contributed by atoms with E-state index in [1.165, 1.54) is 6.42 Å². The Kier molecular flexibility index (Phi) is 5.89. The molecule has 1 aliphatic carbocycles. The number of anilines is 1. The molecule has 8 heteroatoms. The molecule has 3 aromatic carbocycles. The highest BCUT2D eigenvalue weighted by atomic mass is 16.5. The van der Waals surface area contributed by atoms with Crippen LogP contribution < -0.4 is 10.5 Å². The Balaban J connectivity index is 1.41. The van der Waals surface area contributed by atoms with Gasteiger partial charge < -0.3 is 15.6 Å². The third-order valence-electron chi connectivity index (χ3n) is 7.22. The molecule has 2 heterocycles. The summed E-state index contributed by atoms with van der Waals surface area (Å²) in [6, 6.07) is 19.8. The van der Waals surface area contributed by atoms with Crippen LogP contribution in [0.3, 0.4) is 0 Å². The van der Waals surface area contributed by atoms with Gasteiger partial charge in [0.1, 0.15) is 23.9 Å². The summed E-state index contributed by atoms with van der Waals surface area (Å²) in [7, 11) is 0. The number of pyridine rings is 1. The van der Waals surface area contributed by atoms with E-state index in [1.54, 1.807) is 24.4 Å². The monoisotopic (exact) mass is 503 g/mol. The van der Waals surface area contributed by atoms with Gasteiger partial charge in [0.05, 0.1) is 24.6 Å². The van der Waals surface area contributed by atoms with Gasteiger partial charge in [-0.15, -0.1) is 0 Å². The van der Waals surface area contributed by atoms with E-state index in [0.29, 0.717) is 23.2 Å². The zero-order valence-electron chi connectivity index (χ0n) is 20.6. The lowest BCUT2D eigenvalue weighted by Gasteiger charge is -2.26. The number of carboxylic acids is 1. The molecule has 1 saturated carbocycles. The average molecular weight is 504 g/mol. The molecule has 0 radical (unpaired) electrons. The van der Waals surface area contributed by atoms with Gasteiger partial charge in [0.15, 0.2) is 0 Å². The SMILES string of the molecule is [C-]#[N+]c1cccc(CC(=O)O)c1OCc1nn(C2CCC2)c2ccc(-c3ccc4ccnc(N)c4c3)cc12. The number of hydrogen-bond donors (Lipinski definition) is 2. The minimum absolute atomic E-state index is 0.118. The quantitative estimate of drug-likeness (QED) is 0.252. The lowest BCUT2D eigenvalue weighted by molar-refractivity contribution is -0.136. The van der Waals surface area contributed by atoms with E-state index in [-0.39, 0.29) is 18.7 Å². The topological polar surface area (TPSA) is 108 Å². The Labute approximate surface area is 219 Å². The Morgan fingerprint density at radius 1 is 1.11 bits per heavy atom. The lowest BCUT2D eigenvalue weighted by atomic mass is 9.93. The van der Waals surface area contributed by atoms with Crippen LogP contribution in [0.25, 0.3) is 37.6 Å². The molecule has 2 aromatic heterocycles. The van der Waals surface area contributed by atoms with Crippen LogP contribution >= 0.6 is 0 Å². The summed E-state index contributed by atoms with van der Waals surface area (Å²) < 4.78 is 8.23. The minimum atomic E-state index is -0.979. The predicted molar refractivity (Wildman–Crippen MR) is 146 cm³/mol. The van der Waals surface area contributed by atoms with Crippen LogP contribution in [0.15, 0.2) is 66.9 Å². The zero-order chi connectivity index (χ0) is 26.2. The molecule has 38 heavy (non-hydrogen) atoms. The Bertz CT molecular complexity index is 1750. The van der Waals surface area contributed by atoms with Crippen LogP contribution in [0, 0.1) is 6.57 Å². The molecule has 3 N–H and O–H groups in total. The third-order valence-corrected chi connectivity index (χ3v) is 7.22. The number of carboxylic acid groups (broad SMARTS) is 1. The number of para-hydroxylation sites is 1. The molecule has 188 valence electrons. The third kappa shape index (κ3) is 4.18. The Morgan fingerprint density at radius 3 is 2.63 bits per heavy atom. The number of fused-ring (bicyclic) bond motifs is 2. The summed E-state index contributed by atoms with van der Waals surface area (Å²) >= 11 is 0. The molecule has 0 saturated heterocycles. The van der Waals surface area contributed by atoms with Crippen LogP contribution in [0.4, 0.5) is 11.5 Å². The average Bonchev–Trinajstić information content (AvgIpc) is 3.23. The number of nitrogens with two attached hydrogens (primary N) is 1. The maximum atomic E-state index is 11.4.